The second-order valence-electron chi connectivity index (χ2n) is 7.33. The first-order valence-corrected chi connectivity index (χ1v) is 8.58. The van der Waals surface area contributed by atoms with Gasteiger partial charge in [-0.25, -0.2) is 0 Å². The topological polar surface area (TPSA) is 24.3 Å². The highest BCUT2D eigenvalue weighted by Crippen LogP contribution is 2.32. The van der Waals surface area contributed by atoms with Crippen molar-refractivity contribution in [3.05, 3.63) is 18.0 Å². The predicted octanol–water partition coefficient (Wildman–Crippen LogP) is 2.91. The van der Waals surface area contributed by atoms with E-state index in [2.05, 4.69) is 54.4 Å². The van der Waals surface area contributed by atoms with Crippen LogP contribution in [0, 0.1) is 0 Å². The molecule has 0 amide bonds. The summed E-state index contributed by atoms with van der Waals surface area (Å²) in [5.74, 6) is 0. The maximum Gasteiger partial charge on any atom is 0.0764 e. The lowest BCUT2D eigenvalue weighted by atomic mass is 10.1. The van der Waals surface area contributed by atoms with Crippen LogP contribution in [-0.4, -0.2) is 50.8 Å². The average Bonchev–Trinajstić information content (AvgIpc) is 2.96. The Morgan fingerprint density at radius 3 is 2.52 bits per heavy atom. The summed E-state index contributed by atoms with van der Waals surface area (Å²) in [5.41, 5.74) is 1.22. The Bertz CT molecular complexity index is 465. The van der Waals surface area contributed by atoms with Gasteiger partial charge >= 0.3 is 0 Å². The maximum absolute atomic E-state index is 4.71. The molecule has 2 aliphatic rings. The lowest BCUT2D eigenvalue weighted by Crippen LogP contribution is -2.43. The molecule has 0 unspecified atom stereocenters. The summed E-state index contributed by atoms with van der Waals surface area (Å²) in [6.07, 6.45) is 6.21. The molecular weight excluding hydrogens is 260 g/mol. The zero-order valence-corrected chi connectivity index (χ0v) is 14.0. The van der Waals surface area contributed by atoms with E-state index in [-0.39, 0.29) is 0 Å². The highest BCUT2D eigenvalue weighted by molar-refractivity contribution is 5.01. The van der Waals surface area contributed by atoms with Crippen LogP contribution in [0.2, 0.25) is 0 Å². The quantitative estimate of drug-likeness (QED) is 0.852. The van der Waals surface area contributed by atoms with Crippen LogP contribution in [0.4, 0.5) is 0 Å². The molecule has 3 heterocycles. The number of rotatable bonds is 4. The Hall–Kier alpha value is -0.870. The molecule has 2 atom stereocenters. The van der Waals surface area contributed by atoms with Gasteiger partial charge in [0.05, 0.1) is 5.69 Å². The molecule has 0 aromatic carbocycles. The first-order chi connectivity index (χ1) is 10.0. The van der Waals surface area contributed by atoms with Crippen LogP contribution >= 0.6 is 0 Å². The Labute approximate surface area is 129 Å². The number of likely N-dealkylation sites (tertiary alicyclic amines) is 1. The molecule has 0 saturated carbocycles. The summed E-state index contributed by atoms with van der Waals surface area (Å²) in [7, 11) is 0. The third kappa shape index (κ3) is 3.16. The van der Waals surface area contributed by atoms with Gasteiger partial charge in [0.25, 0.3) is 0 Å². The Morgan fingerprint density at radius 1 is 1.10 bits per heavy atom. The molecule has 1 aromatic rings. The second-order valence-corrected chi connectivity index (χ2v) is 7.33. The first kappa shape index (κ1) is 15.0. The molecule has 0 spiro atoms. The van der Waals surface area contributed by atoms with Gasteiger partial charge in [0.15, 0.2) is 0 Å². The lowest BCUT2D eigenvalue weighted by molar-refractivity contribution is 0.145. The fourth-order valence-electron chi connectivity index (χ4n) is 4.15. The van der Waals surface area contributed by atoms with Gasteiger partial charge in [-0.15, -0.1) is 0 Å². The van der Waals surface area contributed by atoms with Crippen molar-refractivity contribution >= 4 is 0 Å². The van der Waals surface area contributed by atoms with Gasteiger partial charge in [0.2, 0.25) is 0 Å². The summed E-state index contributed by atoms with van der Waals surface area (Å²) in [4.78, 5) is 5.39. The van der Waals surface area contributed by atoms with Gasteiger partial charge < -0.3 is 0 Å². The van der Waals surface area contributed by atoms with Crippen molar-refractivity contribution in [3.8, 4) is 0 Å². The minimum absolute atomic E-state index is 0.454. The average molecular weight is 290 g/mol. The van der Waals surface area contributed by atoms with E-state index >= 15 is 0 Å². The zero-order chi connectivity index (χ0) is 15.0. The predicted molar refractivity (Wildman–Crippen MR) is 86.3 cm³/mol. The zero-order valence-electron chi connectivity index (χ0n) is 14.0. The van der Waals surface area contributed by atoms with Crippen LogP contribution in [0.5, 0.6) is 0 Å². The van der Waals surface area contributed by atoms with E-state index in [0.717, 1.165) is 18.6 Å². The number of aromatic nitrogens is 2. The molecule has 0 N–H and O–H groups in total. The standard InChI is InChI=1S/C17H30N4/c1-13(2)20-10-7-15(18-20)11-19-9-8-16-5-6-17(12-19)21(16)14(3)4/h7,10,13-14,16-17H,5-6,8-9,11-12H2,1-4H3/t16-,17-/m0/s1. The van der Waals surface area contributed by atoms with Crippen LogP contribution in [0.3, 0.4) is 0 Å². The summed E-state index contributed by atoms with van der Waals surface area (Å²) in [6, 6.07) is 4.89. The van der Waals surface area contributed by atoms with Crippen LogP contribution in [0.15, 0.2) is 12.3 Å². The molecule has 0 aliphatic carbocycles. The number of hydrogen-bond acceptors (Lipinski definition) is 3. The minimum atomic E-state index is 0.454. The van der Waals surface area contributed by atoms with Crippen molar-refractivity contribution in [1.29, 1.82) is 0 Å². The van der Waals surface area contributed by atoms with Gasteiger partial charge in [0.1, 0.15) is 0 Å². The van der Waals surface area contributed by atoms with Crippen molar-refractivity contribution in [1.82, 2.24) is 19.6 Å². The molecule has 2 fully saturated rings. The van der Waals surface area contributed by atoms with Gasteiger partial charge in [-0.05, 0) is 53.0 Å². The van der Waals surface area contributed by atoms with E-state index < -0.39 is 0 Å². The Morgan fingerprint density at radius 2 is 1.86 bits per heavy atom. The summed E-state index contributed by atoms with van der Waals surface area (Å²) < 4.78 is 2.07. The number of nitrogens with zero attached hydrogens (tertiary/aromatic N) is 4. The first-order valence-electron chi connectivity index (χ1n) is 8.58. The van der Waals surface area contributed by atoms with Gasteiger partial charge in [0, 0.05) is 50.0 Å². The van der Waals surface area contributed by atoms with Gasteiger partial charge in [-0.1, -0.05) is 0 Å². The fourth-order valence-corrected chi connectivity index (χ4v) is 4.15. The largest absolute Gasteiger partial charge is 0.296 e. The minimum Gasteiger partial charge on any atom is -0.296 e. The van der Waals surface area contributed by atoms with E-state index in [1.54, 1.807) is 0 Å². The monoisotopic (exact) mass is 290 g/mol. The van der Waals surface area contributed by atoms with Crippen molar-refractivity contribution < 1.29 is 0 Å². The van der Waals surface area contributed by atoms with E-state index in [4.69, 9.17) is 5.10 Å². The third-order valence-electron chi connectivity index (χ3n) is 5.10. The fraction of sp³-hybridized carbons (Fsp3) is 0.824. The SMILES string of the molecule is CC(C)N1[C@H]2CC[C@H]1CN(Cc1ccn(C(C)C)n1)CC2. The molecule has 21 heavy (non-hydrogen) atoms. The van der Waals surface area contributed by atoms with E-state index in [1.165, 1.54) is 38.0 Å². The smallest absolute Gasteiger partial charge is 0.0764 e. The maximum atomic E-state index is 4.71. The molecule has 2 aliphatic heterocycles. The molecule has 2 bridgehead atoms. The van der Waals surface area contributed by atoms with Crippen LogP contribution in [0.1, 0.15) is 58.7 Å². The molecule has 1 aromatic heterocycles. The van der Waals surface area contributed by atoms with Crippen molar-refractivity contribution in [2.45, 2.75) is 77.7 Å². The van der Waals surface area contributed by atoms with Gasteiger partial charge in [-0.3, -0.25) is 14.5 Å². The summed E-state index contributed by atoms with van der Waals surface area (Å²) in [5, 5.41) is 4.71. The Balaban J connectivity index is 1.65. The summed E-state index contributed by atoms with van der Waals surface area (Å²) in [6.45, 7) is 12.5. The Kier molecular flexibility index (Phi) is 4.36. The lowest BCUT2D eigenvalue weighted by Gasteiger charge is -2.32. The van der Waals surface area contributed by atoms with Crippen LogP contribution in [0.25, 0.3) is 0 Å². The highest BCUT2D eigenvalue weighted by atomic mass is 15.3. The molecule has 4 nitrogen and oxygen atoms in total. The molecule has 0 radical (unpaired) electrons. The van der Waals surface area contributed by atoms with E-state index in [9.17, 15) is 0 Å². The molecule has 4 heteroatoms. The molecular formula is C17H30N4. The molecule has 3 rings (SSSR count). The highest BCUT2D eigenvalue weighted by Gasteiger charge is 2.38. The summed E-state index contributed by atoms with van der Waals surface area (Å²) >= 11 is 0. The normalized spacial score (nSPS) is 27.7. The van der Waals surface area contributed by atoms with Crippen molar-refractivity contribution in [2.75, 3.05) is 13.1 Å². The van der Waals surface area contributed by atoms with Crippen LogP contribution in [-0.2, 0) is 6.54 Å². The number of hydrogen-bond donors (Lipinski definition) is 0. The molecule has 2 saturated heterocycles. The van der Waals surface area contributed by atoms with Crippen molar-refractivity contribution in [2.24, 2.45) is 0 Å². The van der Waals surface area contributed by atoms with Crippen molar-refractivity contribution in [3.63, 3.8) is 0 Å². The van der Waals surface area contributed by atoms with E-state index in [0.29, 0.717) is 12.1 Å². The third-order valence-corrected chi connectivity index (χ3v) is 5.10. The van der Waals surface area contributed by atoms with Gasteiger partial charge in [-0.2, -0.15) is 5.10 Å². The second kappa shape index (κ2) is 6.09. The number of fused-ring (bicyclic) bond motifs is 2. The van der Waals surface area contributed by atoms with Crippen LogP contribution < -0.4 is 0 Å². The van der Waals surface area contributed by atoms with E-state index in [1.807, 2.05) is 0 Å². The molecule has 118 valence electrons.